The van der Waals surface area contributed by atoms with E-state index in [1.54, 1.807) is 18.7 Å². The maximum atomic E-state index is 9.18. The van der Waals surface area contributed by atoms with Gasteiger partial charge in [0, 0.05) is 28.6 Å². The van der Waals surface area contributed by atoms with Gasteiger partial charge in [-0.05, 0) is 10.1 Å². The van der Waals surface area contributed by atoms with Gasteiger partial charge in [0.25, 0.3) is 0 Å². The highest BCUT2D eigenvalue weighted by Crippen LogP contribution is 1.70. The van der Waals surface area contributed by atoms with Gasteiger partial charge in [0.15, 0.2) is 0 Å². The Balaban J connectivity index is 0. The molecule has 0 fully saturated rings. The smallest absolute Gasteiger partial charge is 0.394 e. The minimum Gasteiger partial charge on any atom is -0.767 e. The van der Waals surface area contributed by atoms with Crippen molar-refractivity contribution in [2.45, 2.75) is 0 Å². The van der Waals surface area contributed by atoms with E-state index in [9.17, 15) is 8.76 Å². The van der Waals surface area contributed by atoms with Gasteiger partial charge in [-0.1, -0.05) is 0 Å². The lowest BCUT2D eigenvalue weighted by Gasteiger charge is -1.85. The van der Waals surface area contributed by atoms with Crippen LogP contribution in [0.4, 0.5) is 0 Å². The fourth-order valence-electron chi connectivity index (χ4n) is 0.245. The molecule has 0 saturated heterocycles. The third kappa shape index (κ3) is 39.1. The number of H-pyrrole nitrogens is 1. The third-order valence-electron chi connectivity index (χ3n) is 0.509. The summed E-state index contributed by atoms with van der Waals surface area (Å²) in [5, 5.41) is 0. The summed E-state index contributed by atoms with van der Waals surface area (Å²) in [4.78, 5) is 8.36. The van der Waals surface area contributed by atoms with E-state index in [4.69, 9.17) is 23.1 Å². The molecule has 13 heteroatoms. The maximum absolute atomic E-state index is 9.18. The monoisotopic (exact) mass is 272 g/mol. The number of aromatic amines is 1. The minimum atomic E-state index is -4.67. The van der Waals surface area contributed by atoms with Gasteiger partial charge in [0.1, 0.15) is 0 Å². The molecule has 1 rings (SSSR count). The summed E-state index contributed by atoms with van der Waals surface area (Å²) in [5.41, 5.74) is 7.30. The Kier molecular flexibility index (Phi) is 10.6. The Labute approximate surface area is 92.2 Å². The molecule has 3 N–H and O–H groups in total. The molecule has 11 nitrogen and oxygen atoms in total. The average molecular weight is 272 g/mol. The Bertz CT molecular complexity index is 396. The van der Waals surface area contributed by atoms with Crippen LogP contribution in [0.2, 0.25) is 0 Å². The summed E-state index contributed by atoms with van der Waals surface area (Å²) in [6, 6.07) is 0. The Morgan fingerprint density at radius 1 is 1.56 bits per heavy atom. The van der Waals surface area contributed by atoms with Crippen LogP contribution in [0, 0.1) is 0 Å². The summed E-state index contributed by atoms with van der Waals surface area (Å²) in [5.74, 6) is 0. The quantitative estimate of drug-likeness (QED) is 0.208. The molecule has 0 bridgehead atoms. The first kappa shape index (κ1) is 16.9. The number of hydrogen-bond donors (Lipinski definition) is 3. The van der Waals surface area contributed by atoms with E-state index in [-0.39, 0.29) is 0 Å². The van der Waals surface area contributed by atoms with Crippen LogP contribution in [0.25, 0.3) is 10.4 Å². The topological polar surface area (TPSA) is 192 Å². The van der Waals surface area contributed by atoms with Crippen molar-refractivity contribution >= 4 is 21.7 Å². The largest absolute Gasteiger partial charge is 0.767 e. The second-order valence-electron chi connectivity index (χ2n) is 1.60. The van der Waals surface area contributed by atoms with Crippen molar-refractivity contribution in [3.63, 3.8) is 0 Å². The van der Waals surface area contributed by atoms with Crippen LogP contribution in [0.5, 0.6) is 0 Å². The van der Waals surface area contributed by atoms with Crippen molar-refractivity contribution in [3.05, 3.63) is 29.2 Å². The van der Waals surface area contributed by atoms with Gasteiger partial charge in [-0.15, -0.1) is 0 Å². The average Bonchev–Trinajstić information content (AvgIpc) is 2.55. The fraction of sp³-hybridized carbons (Fsp3) is 0. The van der Waals surface area contributed by atoms with Crippen LogP contribution < -0.4 is 0 Å². The number of nitrogens with zero attached hydrogens (tertiary/aromatic N) is 4. The zero-order chi connectivity index (χ0) is 13.0. The van der Waals surface area contributed by atoms with Crippen molar-refractivity contribution < 1.29 is 26.3 Å². The van der Waals surface area contributed by atoms with Gasteiger partial charge in [0.2, 0.25) is 0 Å². The molecule has 92 valence electrons. The highest BCUT2D eigenvalue weighted by atomic mass is 32.3. The summed E-state index contributed by atoms with van der Waals surface area (Å²) >= 11 is -2.61. The molecule has 0 saturated carbocycles. The Morgan fingerprint density at radius 2 is 2.06 bits per heavy atom. The van der Waals surface area contributed by atoms with Crippen molar-refractivity contribution in [1.82, 2.24) is 9.97 Å². The molecule has 0 radical (unpaired) electrons. The van der Waals surface area contributed by atoms with Crippen LogP contribution >= 0.6 is 0 Å². The van der Waals surface area contributed by atoms with Crippen molar-refractivity contribution in [3.8, 4) is 0 Å². The molecular weight excluding hydrogens is 266 g/mol. The van der Waals surface area contributed by atoms with E-state index in [1.165, 1.54) is 0 Å². The first-order valence-corrected chi connectivity index (χ1v) is 5.47. The van der Waals surface area contributed by atoms with Crippen LogP contribution in [-0.4, -0.2) is 36.3 Å². The van der Waals surface area contributed by atoms with E-state index in [2.05, 4.69) is 14.5 Å². The Hall–Kier alpha value is -1.50. The van der Waals surface area contributed by atoms with Crippen LogP contribution in [0.3, 0.4) is 0 Å². The predicted molar refractivity (Wildman–Crippen MR) is 50.8 cm³/mol. The number of azide groups is 1. The molecular formula is C3H6N5O6S2-. The molecule has 0 spiro atoms. The molecule has 0 aliphatic heterocycles. The molecule has 0 aliphatic carbocycles. The number of rotatable bonds is 1. The fourth-order valence-corrected chi connectivity index (χ4v) is 0.305. The van der Waals surface area contributed by atoms with Gasteiger partial charge in [0.05, 0.1) is 6.33 Å². The standard InChI is InChI=1S/C3H4N2.HN3O2S.H2O4S/c1-2-5-3-4-1;1-2-3-6(4)5;1-5(2,3)4/h1-3H,(H,4,5);(H,4,5);(H2,1,2,3,4)/p-1. The SMILES string of the molecule is O=S(=O)(O)O.[N-]=[N+]=NS(=O)[O-].c1c[nH]cn1. The maximum Gasteiger partial charge on any atom is 0.394 e. The van der Waals surface area contributed by atoms with E-state index in [1.807, 2.05) is 4.91 Å². The number of aromatic nitrogens is 2. The first-order valence-electron chi connectivity index (χ1n) is 3.04. The van der Waals surface area contributed by atoms with Gasteiger partial charge in [-0.25, -0.2) is 4.98 Å². The van der Waals surface area contributed by atoms with Gasteiger partial charge in [-0.2, -0.15) is 8.42 Å². The minimum absolute atomic E-state index is 1.62. The predicted octanol–water partition coefficient (Wildman–Crippen LogP) is -0.152. The Morgan fingerprint density at radius 3 is 2.12 bits per heavy atom. The zero-order valence-electron chi connectivity index (χ0n) is 7.36. The lowest BCUT2D eigenvalue weighted by molar-refractivity contribution is 0.381. The molecule has 0 amide bonds. The number of hydrogen-bond acceptors (Lipinski definition) is 5. The molecule has 1 aromatic rings. The van der Waals surface area contributed by atoms with E-state index in [0.717, 1.165) is 0 Å². The van der Waals surface area contributed by atoms with Crippen LogP contribution in [-0.2, 0) is 21.7 Å². The summed E-state index contributed by atoms with van der Waals surface area (Å²) < 4.78 is 52.2. The van der Waals surface area contributed by atoms with E-state index >= 15 is 0 Å². The second kappa shape index (κ2) is 10.0. The van der Waals surface area contributed by atoms with Crippen LogP contribution in [0.15, 0.2) is 23.2 Å². The lowest BCUT2D eigenvalue weighted by Crippen LogP contribution is -1.89. The third-order valence-corrected chi connectivity index (χ3v) is 0.715. The van der Waals surface area contributed by atoms with Gasteiger partial charge >= 0.3 is 10.4 Å². The number of nitrogens with one attached hydrogen (secondary N) is 1. The van der Waals surface area contributed by atoms with Crippen LogP contribution in [0.1, 0.15) is 0 Å². The highest BCUT2D eigenvalue weighted by Gasteiger charge is 1.84. The molecule has 0 aromatic carbocycles. The van der Waals surface area contributed by atoms with Crippen molar-refractivity contribution in [2.24, 2.45) is 4.52 Å². The summed E-state index contributed by atoms with van der Waals surface area (Å²) in [7, 11) is -4.67. The molecule has 1 unspecified atom stereocenters. The zero-order valence-corrected chi connectivity index (χ0v) is 9.00. The van der Waals surface area contributed by atoms with E-state index < -0.39 is 21.7 Å². The lowest BCUT2D eigenvalue weighted by atomic mass is 11.0. The van der Waals surface area contributed by atoms with Gasteiger partial charge < -0.3 is 9.54 Å². The molecule has 1 heterocycles. The summed E-state index contributed by atoms with van der Waals surface area (Å²) in [6.07, 6.45) is 5.08. The molecule has 0 aliphatic rings. The van der Waals surface area contributed by atoms with Gasteiger partial charge in [-0.3, -0.25) is 13.3 Å². The molecule has 1 aromatic heterocycles. The van der Waals surface area contributed by atoms with Crippen molar-refractivity contribution in [2.75, 3.05) is 0 Å². The normalized spacial score (nSPS) is 10.7. The summed E-state index contributed by atoms with van der Waals surface area (Å²) in [6.45, 7) is 0. The highest BCUT2D eigenvalue weighted by molar-refractivity contribution is 7.79. The molecule has 1 atom stereocenters. The van der Waals surface area contributed by atoms with E-state index in [0.29, 0.717) is 0 Å². The number of imidazole rings is 1. The van der Waals surface area contributed by atoms with Crippen molar-refractivity contribution in [1.29, 1.82) is 0 Å². The second-order valence-corrected chi connectivity index (χ2v) is 3.09. The molecule has 16 heavy (non-hydrogen) atoms. The first-order chi connectivity index (χ1) is 7.27.